The van der Waals surface area contributed by atoms with Crippen molar-refractivity contribution in [3.8, 4) is 0 Å². The van der Waals surface area contributed by atoms with E-state index in [0.717, 1.165) is 6.42 Å². The zero-order valence-electron chi connectivity index (χ0n) is 12.8. The maximum atomic E-state index is 12.2. The molecule has 0 saturated carbocycles. The zero-order chi connectivity index (χ0) is 17.0. The molecule has 0 spiro atoms. The van der Waals surface area contributed by atoms with Crippen molar-refractivity contribution < 1.29 is 14.5 Å². The maximum absolute atomic E-state index is 12.2. The Morgan fingerprint density at radius 3 is 2.57 bits per heavy atom. The van der Waals surface area contributed by atoms with E-state index in [1.807, 2.05) is 6.92 Å². The van der Waals surface area contributed by atoms with Crippen LogP contribution in [0.25, 0.3) is 0 Å². The van der Waals surface area contributed by atoms with Gasteiger partial charge in [-0.1, -0.05) is 13.3 Å². The van der Waals surface area contributed by atoms with Gasteiger partial charge >= 0.3 is 5.97 Å². The average Bonchev–Trinajstić information content (AvgIpc) is 2.54. The number of hydrogen-bond acceptors (Lipinski definition) is 5. The Labute approximate surface area is 138 Å². The summed E-state index contributed by atoms with van der Waals surface area (Å²) in [5.74, 6) is -0.459. The van der Waals surface area contributed by atoms with E-state index >= 15 is 0 Å². The molecule has 1 unspecified atom stereocenters. The van der Waals surface area contributed by atoms with Gasteiger partial charge < -0.3 is 15.4 Å². The minimum atomic E-state index is -0.501. The van der Waals surface area contributed by atoms with Crippen LogP contribution in [-0.2, 0) is 9.53 Å². The minimum Gasteiger partial charge on any atom is -0.466 e. The number of methoxy groups -OCH3 is 1. The molecule has 1 aliphatic rings. The molecule has 7 nitrogen and oxygen atoms in total. The average molecular weight is 335 g/mol. The largest absolute Gasteiger partial charge is 0.466 e. The monoisotopic (exact) mass is 335 g/mol. The Bertz CT molecular complexity index is 670. The van der Waals surface area contributed by atoms with E-state index in [0.29, 0.717) is 28.4 Å². The summed E-state index contributed by atoms with van der Waals surface area (Å²) in [5.41, 5.74) is 1.85. The Hall–Kier alpha value is -2.48. The van der Waals surface area contributed by atoms with Gasteiger partial charge in [0.05, 0.1) is 23.6 Å². The van der Waals surface area contributed by atoms with Crippen LogP contribution in [0.1, 0.15) is 31.4 Å². The Balaban J connectivity index is 2.47. The van der Waals surface area contributed by atoms with Gasteiger partial charge in [-0.25, -0.2) is 4.79 Å². The first kappa shape index (κ1) is 16.9. The number of carbonyl (C=O) groups excluding carboxylic acids is 1. The van der Waals surface area contributed by atoms with Gasteiger partial charge in [-0.15, -0.1) is 0 Å². The molecular weight excluding hydrogens is 318 g/mol. The highest BCUT2D eigenvalue weighted by Crippen LogP contribution is 2.30. The fourth-order valence-electron chi connectivity index (χ4n) is 2.45. The third-order valence-corrected chi connectivity index (χ3v) is 3.72. The number of benzene rings is 1. The lowest BCUT2D eigenvalue weighted by atomic mass is 9.94. The number of nitro groups is 1. The molecular formula is C15H17N3O4S. The molecule has 1 atom stereocenters. The summed E-state index contributed by atoms with van der Waals surface area (Å²) < 4.78 is 4.89. The smallest absolute Gasteiger partial charge is 0.337 e. The second-order valence-electron chi connectivity index (χ2n) is 5.01. The number of allylic oxidation sites excluding steroid dienone is 1. The van der Waals surface area contributed by atoms with E-state index in [-0.39, 0.29) is 5.69 Å². The van der Waals surface area contributed by atoms with Gasteiger partial charge in [-0.3, -0.25) is 10.1 Å². The van der Waals surface area contributed by atoms with E-state index < -0.39 is 16.9 Å². The molecule has 23 heavy (non-hydrogen) atoms. The van der Waals surface area contributed by atoms with Crippen LogP contribution < -0.4 is 10.6 Å². The maximum Gasteiger partial charge on any atom is 0.337 e. The second-order valence-corrected chi connectivity index (χ2v) is 5.42. The summed E-state index contributed by atoms with van der Waals surface area (Å²) in [7, 11) is 1.32. The zero-order valence-corrected chi connectivity index (χ0v) is 13.6. The number of nitrogens with zero attached hydrogens (tertiary/aromatic N) is 1. The van der Waals surface area contributed by atoms with Crippen molar-refractivity contribution in [2.75, 3.05) is 7.11 Å². The predicted molar refractivity (Wildman–Crippen MR) is 88.7 cm³/mol. The Morgan fingerprint density at radius 1 is 1.39 bits per heavy atom. The summed E-state index contributed by atoms with van der Waals surface area (Å²) in [6.45, 7) is 2.00. The van der Waals surface area contributed by atoms with Crippen molar-refractivity contribution in [3.63, 3.8) is 0 Å². The van der Waals surface area contributed by atoms with Crippen LogP contribution in [-0.4, -0.2) is 23.1 Å². The highest BCUT2D eigenvalue weighted by atomic mass is 32.1. The third-order valence-electron chi connectivity index (χ3n) is 3.50. The van der Waals surface area contributed by atoms with Crippen LogP contribution in [0, 0.1) is 10.1 Å². The number of non-ortho nitro benzene ring substituents is 1. The molecule has 1 aromatic rings. The molecule has 1 heterocycles. The molecule has 8 heteroatoms. The van der Waals surface area contributed by atoms with E-state index in [1.165, 1.54) is 19.2 Å². The van der Waals surface area contributed by atoms with Crippen molar-refractivity contribution in [2.45, 2.75) is 25.8 Å². The number of esters is 1. The SMILES string of the molecule is CCCC1=C(C(=O)OC)C(c2ccc([N+](=O)[O-])cc2)NC(=S)N1. The lowest BCUT2D eigenvalue weighted by Crippen LogP contribution is -2.45. The highest BCUT2D eigenvalue weighted by Gasteiger charge is 2.31. The summed E-state index contributed by atoms with van der Waals surface area (Å²) in [6.07, 6.45) is 1.48. The van der Waals surface area contributed by atoms with E-state index in [1.54, 1.807) is 12.1 Å². The topological polar surface area (TPSA) is 93.5 Å². The lowest BCUT2D eigenvalue weighted by molar-refractivity contribution is -0.384. The molecule has 2 N–H and O–H groups in total. The van der Waals surface area contributed by atoms with Gasteiger partial charge in [-0.2, -0.15) is 0 Å². The third kappa shape index (κ3) is 3.65. The Kier molecular flexibility index (Phi) is 5.28. The first-order valence-corrected chi connectivity index (χ1v) is 7.52. The number of rotatable bonds is 5. The number of ether oxygens (including phenoxy) is 1. The van der Waals surface area contributed by atoms with Crippen molar-refractivity contribution in [3.05, 3.63) is 51.2 Å². The van der Waals surface area contributed by atoms with Gasteiger partial charge in [0.1, 0.15) is 0 Å². The van der Waals surface area contributed by atoms with Gasteiger partial charge in [0.2, 0.25) is 0 Å². The number of nitro benzene ring substituents is 1. The number of hydrogen-bond donors (Lipinski definition) is 2. The van der Waals surface area contributed by atoms with Crippen molar-refractivity contribution in [1.82, 2.24) is 10.6 Å². The summed E-state index contributed by atoms with van der Waals surface area (Å²) in [5, 5.41) is 17.2. The summed E-state index contributed by atoms with van der Waals surface area (Å²) in [6, 6.07) is 5.51. The van der Waals surface area contributed by atoms with Gasteiger partial charge in [0.15, 0.2) is 5.11 Å². The van der Waals surface area contributed by atoms with Crippen molar-refractivity contribution in [1.29, 1.82) is 0 Å². The Morgan fingerprint density at radius 2 is 2.04 bits per heavy atom. The highest BCUT2D eigenvalue weighted by molar-refractivity contribution is 7.80. The van der Waals surface area contributed by atoms with Crippen LogP contribution in [0.3, 0.4) is 0 Å². The molecule has 1 aromatic carbocycles. The van der Waals surface area contributed by atoms with E-state index in [2.05, 4.69) is 10.6 Å². The van der Waals surface area contributed by atoms with Crippen LogP contribution in [0.15, 0.2) is 35.5 Å². The molecule has 0 saturated heterocycles. The number of thiocarbonyl (C=S) groups is 1. The summed E-state index contributed by atoms with van der Waals surface area (Å²) >= 11 is 5.20. The fraction of sp³-hybridized carbons (Fsp3) is 0.333. The molecule has 0 bridgehead atoms. The van der Waals surface area contributed by atoms with Crippen LogP contribution in [0.5, 0.6) is 0 Å². The molecule has 0 aliphatic carbocycles. The number of carbonyl (C=O) groups is 1. The van der Waals surface area contributed by atoms with Crippen LogP contribution in [0.4, 0.5) is 5.69 Å². The molecule has 0 fully saturated rings. The van der Waals surface area contributed by atoms with Gasteiger partial charge in [0, 0.05) is 17.8 Å². The normalized spacial score (nSPS) is 17.3. The van der Waals surface area contributed by atoms with Crippen molar-refractivity contribution in [2.24, 2.45) is 0 Å². The van der Waals surface area contributed by atoms with Crippen molar-refractivity contribution >= 4 is 29.0 Å². The number of nitrogens with one attached hydrogen (secondary N) is 2. The van der Waals surface area contributed by atoms with Crippen LogP contribution >= 0.6 is 12.2 Å². The predicted octanol–water partition coefficient (Wildman–Crippen LogP) is 2.34. The fourth-order valence-corrected chi connectivity index (χ4v) is 2.70. The van der Waals surface area contributed by atoms with Gasteiger partial charge in [0.25, 0.3) is 5.69 Å². The standard InChI is InChI=1S/C15H17N3O4S/c1-3-4-11-12(14(19)22-2)13(17-15(23)16-11)9-5-7-10(8-6-9)18(20)21/h5-8,13H,3-4H2,1-2H3,(H2,16,17,23). The first-order valence-electron chi connectivity index (χ1n) is 7.11. The van der Waals surface area contributed by atoms with Gasteiger partial charge in [-0.05, 0) is 36.3 Å². The summed E-state index contributed by atoms with van der Waals surface area (Å²) in [4.78, 5) is 22.5. The van der Waals surface area contributed by atoms with E-state index in [4.69, 9.17) is 17.0 Å². The molecule has 2 rings (SSSR count). The van der Waals surface area contributed by atoms with Crippen LogP contribution in [0.2, 0.25) is 0 Å². The second kappa shape index (κ2) is 7.19. The quantitative estimate of drug-likeness (QED) is 0.369. The van der Waals surface area contributed by atoms with E-state index in [9.17, 15) is 14.9 Å². The molecule has 0 amide bonds. The minimum absolute atomic E-state index is 0.0114. The lowest BCUT2D eigenvalue weighted by Gasteiger charge is -2.30. The molecule has 0 radical (unpaired) electrons. The molecule has 122 valence electrons. The molecule has 0 aromatic heterocycles. The first-order chi connectivity index (χ1) is 11.0. The molecule has 1 aliphatic heterocycles.